The smallest absolute Gasteiger partial charge is 0.316 e. The average molecular weight is 384 g/mol. The largest absolute Gasteiger partial charge is 0.472 e. The van der Waals surface area contributed by atoms with Gasteiger partial charge in [-0.1, -0.05) is 35.9 Å². The number of hydrogen-bond acceptors (Lipinski definition) is 4. The Morgan fingerprint density at radius 1 is 1.11 bits per heavy atom. The lowest BCUT2D eigenvalue weighted by molar-refractivity contribution is -0.140. The van der Waals surface area contributed by atoms with Gasteiger partial charge < -0.3 is 14.1 Å². The van der Waals surface area contributed by atoms with Crippen LogP contribution in [0.2, 0.25) is 5.02 Å². The first-order valence-corrected chi connectivity index (χ1v) is 9.21. The number of likely N-dealkylation sites (tertiary alicyclic amines) is 1. The molecule has 27 heavy (non-hydrogen) atoms. The first-order valence-electron chi connectivity index (χ1n) is 8.84. The Bertz CT molecular complexity index is 983. The van der Waals surface area contributed by atoms with Crippen LogP contribution < -0.4 is 4.74 Å². The van der Waals surface area contributed by atoms with Crippen LogP contribution in [0.15, 0.2) is 59.4 Å². The normalized spacial score (nSPS) is 17.1. The van der Waals surface area contributed by atoms with E-state index >= 15 is 0 Å². The minimum Gasteiger partial charge on any atom is -0.472 e. The Hall–Kier alpha value is -2.79. The van der Waals surface area contributed by atoms with Crippen molar-refractivity contribution in [3.8, 4) is 5.75 Å². The van der Waals surface area contributed by atoms with E-state index in [4.69, 9.17) is 20.8 Å². The number of furan rings is 1. The van der Waals surface area contributed by atoms with E-state index in [-0.39, 0.29) is 17.8 Å². The van der Waals surface area contributed by atoms with Gasteiger partial charge in [0.2, 0.25) is 0 Å². The second-order valence-corrected chi connectivity index (χ2v) is 7.02. The molecular weight excluding hydrogens is 366 g/mol. The van der Waals surface area contributed by atoms with Gasteiger partial charge in [-0.25, -0.2) is 0 Å². The molecular formula is C21H18ClNO4. The lowest BCUT2D eigenvalue weighted by atomic mass is 9.97. The van der Waals surface area contributed by atoms with Crippen LogP contribution in [0.25, 0.3) is 10.8 Å². The average Bonchev–Trinajstić information content (AvgIpc) is 3.24. The Kier molecular flexibility index (Phi) is 4.86. The van der Waals surface area contributed by atoms with Gasteiger partial charge >= 0.3 is 5.97 Å². The molecule has 0 radical (unpaired) electrons. The maximum atomic E-state index is 12.7. The first-order chi connectivity index (χ1) is 13.1. The summed E-state index contributed by atoms with van der Waals surface area (Å²) in [4.78, 5) is 26.9. The Labute approximate surface area is 161 Å². The summed E-state index contributed by atoms with van der Waals surface area (Å²) in [7, 11) is 0. The van der Waals surface area contributed by atoms with Crippen molar-refractivity contribution in [3.63, 3.8) is 0 Å². The van der Waals surface area contributed by atoms with Crippen molar-refractivity contribution >= 4 is 34.2 Å². The van der Waals surface area contributed by atoms with Crippen molar-refractivity contribution in [1.82, 2.24) is 4.90 Å². The van der Waals surface area contributed by atoms with Crippen molar-refractivity contribution in [3.05, 3.63) is 65.6 Å². The van der Waals surface area contributed by atoms with Gasteiger partial charge in [-0.3, -0.25) is 9.59 Å². The summed E-state index contributed by atoms with van der Waals surface area (Å²) in [6.45, 7) is 0.964. The van der Waals surface area contributed by atoms with Crippen LogP contribution in [0.1, 0.15) is 23.2 Å². The van der Waals surface area contributed by atoms with E-state index in [2.05, 4.69) is 0 Å². The molecule has 0 bridgehead atoms. The van der Waals surface area contributed by atoms with E-state index in [0.717, 1.165) is 17.2 Å². The van der Waals surface area contributed by atoms with Crippen LogP contribution >= 0.6 is 11.6 Å². The number of amides is 1. The van der Waals surface area contributed by atoms with Gasteiger partial charge in [-0.15, -0.1) is 0 Å². The molecule has 2 aromatic carbocycles. The highest BCUT2D eigenvalue weighted by atomic mass is 35.5. The highest BCUT2D eigenvalue weighted by molar-refractivity contribution is 6.35. The van der Waals surface area contributed by atoms with Gasteiger partial charge in [0.25, 0.3) is 5.91 Å². The van der Waals surface area contributed by atoms with Gasteiger partial charge in [0.05, 0.1) is 17.7 Å². The standard InChI is InChI=1S/C21H18ClNO4/c22-18-7-8-19(17-6-2-1-5-16(17)18)27-21(25)14-4-3-10-23(12-14)20(24)15-9-11-26-13-15/h1-2,5-9,11,13-14H,3-4,10,12H2/t14-/m0/s1. The number of nitrogens with zero attached hydrogens (tertiary/aromatic N) is 1. The number of benzene rings is 2. The third-order valence-corrected chi connectivity index (χ3v) is 5.18. The van der Waals surface area contributed by atoms with Gasteiger partial charge in [0.1, 0.15) is 12.0 Å². The predicted molar refractivity (Wildman–Crippen MR) is 102 cm³/mol. The maximum absolute atomic E-state index is 12.7. The number of fused-ring (bicyclic) bond motifs is 1. The SMILES string of the molecule is O=C(Oc1ccc(Cl)c2ccccc12)[C@H]1CCCN(C(=O)c2ccoc2)C1. The Morgan fingerprint density at radius 2 is 1.93 bits per heavy atom. The summed E-state index contributed by atoms with van der Waals surface area (Å²) < 4.78 is 10.7. The third-order valence-electron chi connectivity index (χ3n) is 4.85. The van der Waals surface area contributed by atoms with Crippen LogP contribution in [0.4, 0.5) is 0 Å². The number of piperidine rings is 1. The van der Waals surface area contributed by atoms with Crippen LogP contribution in [0.3, 0.4) is 0 Å². The van der Waals surface area contributed by atoms with E-state index in [9.17, 15) is 9.59 Å². The molecule has 138 valence electrons. The van der Waals surface area contributed by atoms with Crippen LogP contribution in [-0.4, -0.2) is 29.9 Å². The zero-order valence-corrected chi connectivity index (χ0v) is 15.3. The fraction of sp³-hybridized carbons (Fsp3) is 0.238. The maximum Gasteiger partial charge on any atom is 0.316 e. The zero-order valence-electron chi connectivity index (χ0n) is 14.6. The molecule has 3 aromatic rings. The van der Waals surface area contributed by atoms with Gasteiger partial charge in [-0.2, -0.15) is 0 Å². The quantitative estimate of drug-likeness (QED) is 0.492. The topological polar surface area (TPSA) is 59.8 Å². The van der Waals surface area contributed by atoms with E-state index in [1.165, 1.54) is 12.5 Å². The second kappa shape index (κ2) is 7.45. The molecule has 0 spiro atoms. The number of carbonyl (C=O) groups excluding carboxylic acids is 2. The van der Waals surface area contributed by atoms with E-state index in [1.54, 1.807) is 23.1 Å². The molecule has 0 saturated carbocycles. The Morgan fingerprint density at radius 3 is 2.70 bits per heavy atom. The highest BCUT2D eigenvalue weighted by Gasteiger charge is 2.30. The molecule has 1 aliphatic rings. The molecule has 2 heterocycles. The van der Waals surface area contributed by atoms with Crippen LogP contribution in [-0.2, 0) is 4.79 Å². The van der Waals surface area contributed by atoms with E-state index in [1.807, 2.05) is 24.3 Å². The molecule has 1 amide bonds. The molecule has 1 atom stereocenters. The van der Waals surface area contributed by atoms with Crippen molar-refractivity contribution in [2.45, 2.75) is 12.8 Å². The minimum absolute atomic E-state index is 0.127. The molecule has 1 fully saturated rings. The van der Waals surface area contributed by atoms with Gasteiger partial charge in [-0.05, 0) is 31.0 Å². The number of halogens is 1. The fourth-order valence-electron chi connectivity index (χ4n) is 3.44. The number of hydrogen-bond donors (Lipinski definition) is 0. The Balaban J connectivity index is 1.50. The third kappa shape index (κ3) is 3.55. The number of ether oxygens (including phenoxy) is 1. The molecule has 6 heteroatoms. The molecule has 4 rings (SSSR count). The fourth-order valence-corrected chi connectivity index (χ4v) is 3.67. The number of esters is 1. The van der Waals surface area contributed by atoms with Crippen molar-refractivity contribution in [2.75, 3.05) is 13.1 Å². The highest BCUT2D eigenvalue weighted by Crippen LogP contribution is 2.32. The summed E-state index contributed by atoms with van der Waals surface area (Å²) >= 11 is 6.22. The van der Waals surface area contributed by atoms with E-state index in [0.29, 0.717) is 35.8 Å². The van der Waals surface area contributed by atoms with Crippen molar-refractivity contribution < 1.29 is 18.7 Å². The lowest BCUT2D eigenvalue weighted by Gasteiger charge is -2.31. The molecule has 5 nitrogen and oxygen atoms in total. The second-order valence-electron chi connectivity index (χ2n) is 6.61. The van der Waals surface area contributed by atoms with Crippen molar-refractivity contribution in [2.24, 2.45) is 5.92 Å². The van der Waals surface area contributed by atoms with Crippen molar-refractivity contribution in [1.29, 1.82) is 0 Å². The number of rotatable bonds is 3. The zero-order chi connectivity index (χ0) is 18.8. The van der Waals surface area contributed by atoms with E-state index < -0.39 is 0 Å². The first kappa shape index (κ1) is 17.6. The predicted octanol–water partition coefficient (Wildman–Crippen LogP) is 4.54. The summed E-state index contributed by atoms with van der Waals surface area (Å²) in [5.74, 6) is -0.326. The molecule has 1 aliphatic heterocycles. The molecule has 0 N–H and O–H groups in total. The summed E-state index contributed by atoms with van der Waals surface area (Å²) in [5.41, 5.74) is 0.493. The minimum atomic E-state index is -0.357. The molecule has 1 saturated heterocycles. The molecule has 1 aromatic heterocycles. The van der Waals surface area contributed by atoms with Crippen LogP contribution in [0.5, 0.6) is 5.75 Å². The molecule has 0 aliphatic carbocycles. The monoisotopic (exact) mass is 383 g/mol. The summed E-state index contributed by atoms with van der Waals surface area (Å²) in [6.07, 6.45) is 4.34. The van der Waals surface area contributed by atoms with Gasteiger partial charge in [0, 0.05) is 28.9 Å². The molecule has 0 unspecified atom stereocenters. The summed E-state index contributed by atoms with van der Waals surface area (Å²) in [6, 6.07) is 12.6. The number of carbonyl (C=O) groups is 2. The van der Waals surface area contributed by atoms with Crippen LogP contribution in [0, 0.1) is 5.92 Å². The van der Waals surface area contributed by atoms with Gasteiger partial charge in [0.15, 0.2) is 0 Å². The summed E-state index contributed by atoms with van der Waals surface area (Å²) in [5, 5.41) is 2.24. The lowest BCUT2D eigenvalue weighted by Crippen LogP contribution is -2.43.